The third kappa shape index (κ3) is 5.39. The highest BCUT2D eigenvalue weighted by atomic mass is 35.5. The maximum Gasteiger partial charge on any atom is 0.253 e. The summed E-state index contributed by atoms with van der Waals surface area (Å²) in [7, 11) is 0. The Hall–Kier alpha value is -1.54. The van der Waals surface area contributed by atoms with Crippen LogP contribution >= 0.6 is 11.6 Å². The van der Waals surface area contributed by atoms with Crippen LogP contribution < -0.4 is 0 Å². The highest BCUT2D eigenvalue weighted by molar-refractivity contribution is 6.32. The van der Waals surface area contributed by atoms with Gasteiger partial charge in [-0.1, -0.05) is 23.4 Å². The topological polar surface area (TPSA) is 49.8 Å². The lowest BCUT2D eigenvalue weighted by Crippen LogP contribution is -2.33. The molecule has 0 unspecified atom stereocenters. The molecule has 1 aromatic rings. The highest BCUT2D eigenvalue weighted by Gasteiger charge is 2.15. The summed E-state index contributed by atoms with van der Waals surface area (Å²) in [6.45, 7) is 5.93. The summed E-state index contributed by atoms with van der Waals surface area (Å²) in [5.74, 6) is 5.19. The first-order valence-electron chi connectivity index (χ1n) is 6.90. The predicted molar refractivity (Wildman–Crippen MR) is 83.5 cm³/mol. The number of hydrogen-bond acceptors (Lipinski definition) is 3. The largest absolute Gasteiger partial charge is 0.384 e. The summed E-state index contributed by atoms with van der Waals surface area (Å²) in [4.78, 5) is 14.1. The number of aliphatic hydroxyl groups excluding tert-OH is 1. The van der Waals surface area contributed by atoms with Gasteiger partial charge in [-0.3, -0.25) is 4.79 Å². The van der Waals surface area contributed by atoms with Crippen LogP contribution in [0.3, 0.4) is 0 Å². The van der Waals surface area contributed by atoms with E-state index in [4.69, 9.17) is 21.4 Å². The molecule has 0 fully saturated rings. The zero-order chi connectivity index (χ0) is 15.7. The highest BCUT2D eigenvalue weighted by Crippen LogP contribution is 2.18. The molecule has 0 aromatic heterocycles. The second kappa shape index (κ2) is 9.41. The molecule has 0 spiro atoms. The van der Waals surface area contributed by atoms with Gasteiger partial charge in [0.15, 0.2) is 0 Å². The van der Waals surface area contributed by atoms with Crippen LogP contribution in [0.1, 0.15) is 29.8 Å². The van der Waals surface area contributed by atoms with Crippen molar-refractivity contribution < 1.29 is 14.6 Å². The average molecular weight is 310 g/mol. The van der Waals surface area contributed by atoms with Crippen molar-refractivity contribution in [1.82, 2.24) is 4.90 Å². The molecule has 1 rings (SSSR count). The number of nitrogens with zero attached hydrogens (tertiary/aromatic N) is 1. The van der Waals surface area contributed by atoms with Gasteiger partial charge in [0.2, 0.25) is 0 Å². The molecule has 4 nitrogen and oxygen atoms in total. The van der Waals surface area contributed by atoms with E-state index in [9.17, 15) is 4.79 Å². The van der Waals surface area contributed by atoms with Gasteiger partial charge in [-0.2, -0.15) is 0 Å². The molecule has 0 saturated carbocycles. The summed E-state index contributed by atoms with van der Waals surface area (Å²) in [5.41, 5.74) is 1.12. The summed E-state index contributed by atoms with van der Waals surface area (Å²) in [6.07, 6.45) is 0. The first kappa shape index (κ1) is 17.5. The summed E-state index contributed by atoms with van der Waals surface area (Å²) in [6, 6.07) is 4.99. The van der Waals surface area contributed by atoms with E-state index in [0.29, 0.717) is 42.5 Å². The van der Waals surface area contributed by atoms with E-state index in [1.165, 1.54) is 0 Å². The minimum absolute atomic E-state index is 0.0826. The lowest BCUT2D eigenvalue weighted by molar-refractivity contribution is 0.0669. The van der Waals surface area contributed by atoms with Gasteiger partial charge in [0.25, 0.3) is 5.91 Å². The zero-order valence-electron chi connectivity index (χ0n) is 12.4. The fourth-order valence-corrected chi connectivity index (χ4v) is 2.02. The molecule has 0 aliphatic heterocycles. The number of benzene rings is 1. The molecule has 1 N–H and O–H groups in total. The van der Waals surface area contributed by atoms with Crippen molar-refractivity contribution >= 4 is 17.5 Å². The number of amides is 1. The number of carbonyl (C=O) groups is 1. The van der Waals surface area contributed by atoms with E-state index in [1.54, 1.807) is 23.1 Å². The third-order valence-corrected chi connectivity index (χ3v) is 3.21. The number of rotatable bonds is 6. The molecule has 0 aliphatic carbocycles. The number of ether oxygens (including phenoxy) is 1. The minimum Gasteiger partial charge on any atom is -0.384 e. The van der Waals surface area contributed by atoms with E-state index in [0.717, 1.165) is 0 Å². The normalized spacial score (nSPS) is 9.90. The molecule has 0 heterocycles. The van der Waals surface area contributed by atoms with Crippen LogP contribution in [0.15, 0.2) is 18.2 Å². The van der Waals surface area contributed by atoms with Gasteiger partial charge in [0, 0.05) is 30.8 Å². The minimum atomic E-state index is -0.224. The van der Waals surface area contributed by atoms with Crippen molar-refractivity contribution in [3.05, 3.63) is 34.3 Å². The van der Waals surface area contributed by atoms with Crippen LogP contribution in [0.25, 0.3) is 0 Å². The van der Waals surface area contributed by atoms with E-state index in [-0.39, 0.29) is 12.5 Å². The Labute approximate surface area is 130 Å². The fraction of sp³-hybridized carbons (Fsp3) is 0.438. The second-order valence-electron chi connectivity index (χ2n) is 4.24. The van der Waals surface area contributed by atoms with Gasteiger partial charge in [-0.15, -0.1) is 0 Å². The van der Waals surface area contributed by atoms with Crippen molar-refractivity contribution in [3.8, 4) is 11.8 Å². The molecular weight excluding hydrogens is 290 g/mol. The predicted octanol–water partition coefficient (Wildman–Crippen LogP) is 2.18. The zero-order valence-corrected chi connectivity index (χ0v) is 13.1. The Kier molecular flexibility index (Phi) is 7.84. The standard InChI is InChI=1S/C16H20ClNO3/c1-3-18(9-11-21-4-2)16(20)14-8-7-13(6-5-10-19)15(17)12-14/h7-8,12,19H,3-4,9-11H2,1-2H3. The Balaban J connectivity index is 2.83. The van der Waals surface area contributed by atoms with Crippen LogP contribution in [0.5, 0.6) is 0 Å². The van der Waals surface area contributed by atoms with Crippen molar-refractivity contribution in [3.63, 3.8) is 0 Å². The van der Waals surface area contributed by atoms with Gasteiger partial charge in [0.1, 0.15) is 6.61 Å². The van der Waals surface area contributed by atoms with Gasteiger partial charge in [-0.05, 0) is 32.0 Å². The van der Waals surface area contributed by atoms with Crippen LogP contribution in [0, 0.1) is 11.8 Å². The van der Waals surface area contributed by atoms with Crippen molar-refractivity contribution in [1.29, 1.82) is 0 Å². The van der Waals surface area contributed by atoms with Crippen LogP contribution in [0.2, 0.25) is 5.02 Å². The SMILES string of the molecule is CCOCCN(CC)C(=O)c1ccc(C#CCO)c(Cl)c1. The lowest BCUT2D eigenvalue weighted by atomic mass is 10.1. The second-order valence-corrected chi connectivity index (χ2v) is 4.64. The molecule has 0 bridgehead atoms. The number of carbonyl (C=O) groups excluding carboxylic acids is 1. The Morgan fingerprint density at radius 3 is 2.76 bits per heavy atom. The van der Waals surface area contributed by atoms with Gasteiger partial charge in [-0.25, -0.2) is 0 Å². The molecule has 0 aliphatic rings. The first-order chi connectivity index (χ1) is 10.1. The molecular formula is C16H20ClNO3. The molecule has 114 valence electrons. The molecule has 21 heavy (non-hydrogen) atoms. The van der Waals surface area contributed by atoms with E-state index >= 15 is 0 Å². The third-order valence-electron chi connectivity index (χ3n) is 2.90. The quantitative estimate of drug-likeness (QED) is 0.647. The number of hydrogen-bond donors (Lipinski definition) is 1. The number of aliphatic hydroxyl groups is 1. The van der Waals surface area contributed by atoms with Gasteiger partial charge in [0.05, 0.1) is 11.6 Å². The average Bonchev–Trinajstić information content (AvgIpc) is 2.50. The van der Waals surface area contributed by atoms with Crippen molar-refractivity contribution in [2.75, 3.05) is 32.9 Å². The molecule has 5 heteroatoms. The lowest BCUT2D eigenvalue weighted by Gasteiger charge is -2.21. The Morgan fingerprint density at radius 1 is 1.43 bits per heavy atom. The van der Waals surface area contributed by atoms with E-state index in [2.05, 4.69) is 11.8 Å². The molecule has 1 aromatic carbocycles. The number of likely N-dealkylation sites (N-methyl/N-ethyl adjacent to an activating group) is 1. The maximum atomic E-state index is 12.4. The summed E-state index contributed by atoms with van der Waals surface area (Å²) >= 11 is 6.10. The smallest absolute Gasteiger partial charge is 0.253 e. The van der Waals surface area contributed by atoms with E-state index in [1.807, 2.05) is 13.8 Å². The van der Waals surface area contributed by atoms with Gasteiger partial charge >= 0.3 is 0 Å². The fourth-order valence-electron chi connectivity index (χ4n) is 1.79. The Morgan fingerprint density at radius 2 is 2.19 bits per heavy atom. The number of halogens is 1. The first-order valence-corrected chi connectivity index (χ1v) is 7.28. The molecule has 0 atom stereocenters. The van der Waals surface area contributed by atoms with Gasteiger partial charge < -0.3 is 14.7 Å². The molecule has 1 amide bonds. The maximum absolute atomic E-state index is 12.4. The van der Waals surface area contributed by atoms with Crippen LogP contribution in [-0.2, 0) is 4.74 Å². The van der Waals surface area contributed by atoms with E-state index < -0.39 is 0 Å². The summed E-state index contributed by atoms with van der Waals surface area (Å²) < 4.78 is 5.28. The van der Waals surface area contributed by atoms with Crippen molar-refractivity contribution in [2.24, 2.45) is 0 Å². The Bertz CT molecular complexity index is 534. The van der Waals surface area contributed by atoms with Crippen LogP contribution in [0.4, 0.5) is 0 Å². The summed E-state index contributed by atoms with van der Waals surface area (Å²) in [5, 5.41) is 9.08. The molecule has 0 radical (unpaired) electrons. The monoisotopic (exact) mass is 309 g/mol. The van der Waals surface area contributed by atoms with Crippen LogP contribution in [-0.4, -0.2) is 48.8 Å². The molecule has 0 saturated heterocycles. The van der Waals surface area contributed by atoms with Crippen molar-refractivity contribution in [2.45, 2.75) is 13.8 Å².